The minimum absolute atomic E-state index is 0.242. The molecule has 0 amide bonds. The van der Waals surface area contributed by atoms with Gasteiger partial charge in [0.05, 0.1) is 6.61 Å². The van der Waals surface area contributed by atoms with Gasteiger partial charge in [0.15, 0.2) is 0 Å². The molecule has 0 radical (unpaired) electrons. The molecule has 0 aliphatic heterocycles. The molecule has 3 heteroatoms. The van der Waals surface area contributed by atoms with E-state index in [1.165, 1.54) is 6.92 Å². The molecule has 0 saturated carbocycles. The topological polar surface area (TPSA) is 35.5 Å². The van der Waals surface area contributed by atoms with Crippen LogP contribution < -0.4 is 0 Å². The number of hydrogen-bond donors (Lipinski definition) is 0. The maximum Gasteiger partial charge on any atom is 0.302 e. The van der Waals surface area contributed by atoms with Gasteiger partial charge in [-0.3, -0.25) is 4.79 Å². The van der Waals surface area contributed by atoms with Crippen LogP contribution in [0.1, 0.15) is 36.5 Å². The zero-order valence-corrected chi connectivity index (χ0v) is 16.2. The summed E-state index contributed by atoms with van der Waals surface area (Å²) in [5, 5.41) is 0. The molecular weight excluding hydrogens is 348 g/mol. The van der Waals surface area contributed by atoms with E-state index in [0.29, 0.717) is 13.2 Å². The third-order valence-electron chi connectivity index (χ3n) is 4.70. The van der Waals surface area contributed by atoms with Crippen molar-refractivity contribution in [3.05, 3.63) is 108 Å². The first kappa shape index (κ1) is 19.8. The number of unbranched alkanes of at least 4 members (excludes halogenated alkanes) is 1. The number of rotatable bonds is 9. The fraction of sp³-hybridized carbons (Fsp3) is 0.240. The van der Waals surface area contributed by atoms with Crippen LogP contribution in [0.15, 0.2) is 91.0 Å². The molecule has 0 aliphatic rings. The van der Waals surface area contributed by atoms with Gasteiger partial charge in [0, 0.05) is 13.5 Å². The summed E-state index contributed by atoms with van der Waals surface area (Å²) in [7, 11) is 0. The Morgan fingerprint density at radius 1 is 0.679 bits per heavy atom. The van der Waals surface area contributed by atoms with Gasteiger partial charge < -0.3 is 9.47 Å². The number of esters is 1. The summed E-state index contributed by atoms with van der Waals surface area (Å²) >= 11 is 0. The van der Waals surface area contributed by atoms with E-state index in [0.717, 1.165) is 29.5 Å². The third-order valence-corrected chi connectivity index (χ3v) is 4.70. The molecule has 0 spiro atoms. The smallest absolute Gasteiger partial charge is 0.302 e. The van der Waals surface area contributed by atoms with Gasteiger partial charge in [-0.1, -0.05) is 91.0 Å². The Kier molecular flexibility index (Phi) is 6.99. The highest BCUT2D eigenvalue weighted by Gasteiger charge is 2.37. The zero-order valence-electron chi connectivity index (χ0n) is 16.2. The molecular formula is C25H26O3. The van der Waals surface area contributed by atoms with Crippen LogP contribution in [0.25, 0.3) is 0 Å². The quantitative estimate of drug-likeness (QED) is 0.288. The first-order valence-electron chi connectivity index (χ1n) is 9.67. The lowest BCUT2D eigenvalue weighted by Gasteiger charge is -2.36. The van der Waals surface area contributed by atoms with Crippen molar-refractivity contribution in [2.45, 2.75) is 25.4 Å². The summed E-state index contributed by atoms with van der Waals surface area (Å²) in [5.74, 6) is -0.242. The highest BCUT2D eigenvalue weighted by atomic mass is 16.5. The maximum atomic E-state index is 10.9. The van der Waals surface area contributed by atoms with Crippen LogP contribution in [0, 0.1) is 0 Å². The Balaban J connectivity index is 1.94. The van der Waals surface area contributed by atoms with Crippen molar-refractivity contribution in [3.8, 4) is 0 Å². The van der Waals surface area contributed by atoms with Crippen molar-refractivity contribution >= 4 is 5.97 Å². The van der Waals surface area contributed by atoms with Crippen molar-refractivity contribution < 1.29 is 14.3 Å². The van der Waals surface area contributed by atoms with Crippen molar-refractivity contribution in [1.82, 2.24) is 0 Å². The van der Waals surface area contributed by atoms with Crippen molar-refractivity contribution in [3.63, 3.8) is 0 Å². The largest absolute Gasteiger partial charge is 0.466 e. The number of hydrogen-bond acceptors (Lipinski definition) is 3. The van der Waals surface area contributed by atoms with Crippen LogP contribution >= 0.6 is 0 Å². The maximum absolute atomic E-state index is 10.9. The normalized spacial score (nSPS) is 11.2. The molecule has 0 atom stereocenters. The third kappa shape index (κ3) is 4.68. The molecule has 3 nitrogen and oxygen atoms in total. The Labute approximate surface area is 166 Å². The monoisotopic (exact) mass is 374 g/mol. The van der Waals surface area contributed by atoms with Crippen molar-refractivity contribution in [2.24, 2.45) is 0 Å². The van der Waals surface area contributed by atoms with E-state index in [2.05, 4.69) is 36.4 Å². The van der Waals surface area contributed by atoms with Gasteiger partial charge >= 0.3 is 5.97 Å². The highest BCUT2D eigenvalue weighted by Crippen LogP contribution is 2.40. The molecule has 0 aromatic heterocycles. The van der Waals surface area contributed by atoms with Crippen LogP contribution in [0.5, 0.6) is 0 Å². The van der Waals surface area contributed by atoms with Gasteiger partial charge in [0.25, 0.3) is 0 Å². The summed E-state index contributed by atoms with van der Waals surface area (Å²) in [5.41, 5.74) is 2.58. The first-order chi connectivity index (χ1) is 13.7. The lowest BCUT2D eigenvalue weighted by atomic mass is 9.80. The average molecular weight is 374 g/mol. The van der Waals surface area contributed by atoms with Crippen LogP contribution in [-0.2, 0) is 19.9 Å². The Morgan fingerprint density at radius 2 is 1.07 bits per heavy atom. The summed E-state index contributed by atoms with van der Waals surface area (Å²) < 4.78 is 11.7. The number of carbonyl (C=O) groups is 1. The fourth-order valence-electron chi connectivity index (χ4n) is 3.41. The molecule has 0 bridgehead atoms. The van der Waals surface area contributed by atoms with Gasteiger partial charge in [0.1, 0.15) is 5.60 Å². The van der Waals surface area contributed by atoms with E-state index < -0.39 is 5.60 Å². The molecule has 0 heterocycles. The summed E-state index contributed by atoms with van der Waals surface area (Å²) in [6.07, 6.45) is 1.58. The molecule has 0 saturated heterocycles. The van der Waals surface area contributed by atoms with Crippen LogP contribution in [0.3, 0.4) is 0 Å². The van der Waals surface area contributed by atoms with Gasteiger partial charge in [-0.25, -0.2) is 0 Å². The van der Waals surface area contributed by atoms with Crippen LogP contribution in [0.2, 0.25) is 0 Å². The Bertz CT molecular complexity index is 748. The van der Waals surface area contributed by atoms with Crippen LogP contribution in [-0.4, -0.2) is 19.2 Å². The van der Waals surface area contributed by atoms with Crippen molar-refractivity contribution in [1.29, 1.82) is 0 Å². The second-order valence-corrected chi connectivity index (χ2v) is 6.67. The number of benzene rings is 3. The summed E-state index contributed by atoms with van der Waals surface area (Å²) in [6.45, 7) is 2.41. The van der Waals surface area contributed by atoms with Gasteiger partial charge in [-0.05, 0) is 29.5 Å². The molecule has 0 aliphatic carbocycles. The van der Waals surface area contributed by atoms with Crippen LogP contribution in [0.4, 0.5) is 0 Å². The van der Waals surface area contributed by atoms with Gasteiger partial charge in [-0.15, -0.1) is 0 Å². The SMILES string of the molecule is CC(=O)OCCCCOC(c1ccccc1)(c1ccccc1)c1ccccc1. The predicted molar refractivity (Wildman–Crippen MR) is 111 cm³/mol. The van der Waals surface area contributed by atoms with Gasteiger partial charge in [0.2, 0.25) is 0 Å². The minimum Gasteiger partial charge on any atom is -0.466 e. The molecule has 28 heavy (non-hydrogen) atoms. The second-order valence-electron chi connectivity index (χ2n) is 6.67. The highest BCUT2D eigenvalue weighted by molar-refractivity contribution is 5.65. The first-order valence-corrected chi connectivity index (χ1v) is 9.67. The van der Waals surface area contributed by atoms with E-state index >= 15 is 0 Å². The summed E-state index contributed by atoms with van der Waals surface area (Å²) in [6, 6.07) is 31.0. The Hall–Kier alpha value is -2.91. The zero-order chi connectivity index (χ0) is 19.7. The molecule has 3 aromatic carbocycles. The fourth-order valence-corrected chi connectivity index (χ4v) is 3.41. The molecule has 0 unspecified atom stereocenters. The van der Waals surface area contributed by atoms with Crippen molar-refractivity contribution in [2.75, 3.05) is 13.2 Å². The molecule has 144 valence electrons. The van der Waals surface area contributed by atoms with E-state index in [1.54, 1.807) is 0 Å². The van der Waals surface area contributed by atoms with E-state index in [4.69, 9.17) is 9.47 Å². The standard InChI is InChI=1S/C25H26O3/c1-21(26)27-19-11-12-20-28-25(22-13-5-2-6-14-22,23-15-7-3-8-16-23)24-17-9-4-10-18-24/h2-10,13-18H,11-12,19-20H2,1H3. The molecule has 0 fully saturated rings. The molecule has 3 aromatic rings. The summed E-state index contributed by atoms with van der Waals surface area (Å²) in [4.78, 5) is 10.9. The molecule has 0 N–H and O–H groups in total. The number of ether oxygens (including phenoxy) is 2. The van der Waals surface area contributed by atoms with E-state index in [-0.39, 0.29) is 5.97 Å². The predicted octanol–water partition coefficient (Wildman–Crippen LogP) is 5.34. The minimum atomic E-state index is -0.689. The lowest BCUT2D eigenvalue weighted by Crippen LogP contribution is -2.33. The van der Waals surface area contributed by atoms with E-state index in [9.17, 15) is 4.79 Å². The molecule has 3 rings (SSSR count). The lowest BCUT2D eigenvalue weighted by molar-refractivity contribution is -0.141. The van der Waals surface area contributed by atoms with Gasteiger partial charge in [-0.2, -0.15) is 0 Å². The Morgan fingerprint density at radius 3 is 1.46 bits per heavy atom. The second kappa shape index (κ2) is 9.86. The number of carbonyl (C=O) groups excluding carboxylic acids is 1. The average Bonchev–Trinajstić information content (AvgIpc) is 2.75. The van der Waals surface area contributed by atoms with E-state index in [1.807, 2.05) is 54.6 Å².